The zero-order chi connectivity index (χ0) is 11.1. The van der Waals surface area contributed by atoms with Crippen LogP contribution in [0.25, 0.3) is 0 Å². The molecule has 0 spiro atoms. The van der Waals surface area contributed by atoms with Crippen LogP contribution in [0.2, 0.25) is 0 Å². The maximum absolute atomic E-state index is 5.19. The molecule has 0 aromatic rings. The average Bonchev–Trinajstić information content (AvgIpc) is 2.22. The second-order valence-corrected chi connectivity index (χ2v) is 4.92. The van der Waals surface area contributed by atoms with Crippen molar-refractivity contribution in [3.8, 4) is 0 Å². The third-order valence-electron chi connectivity index (χ3n) is 3.22. The van der Waals surface area contributed by atoms with Gasteiger partial charge in [0, 0.05) is 12.6 Å². The van der Waals surface area contributed by atoms with Gasteiger partial charge in [-0.1, -0.05) is 19.8 Å². The van der Waals surface area contributed by atoms with Gasteiger partial charge in [-0.2, -0.15) is 0 Å². The largest absolute Gasteiger partial charge is 0.363 e. The number of nitrogens with one attached hydrogen (secondary N) is 2. The molecule has 88 valence electrons. The molecule has 0 atom stereocenters. The molecular formula is C12H24N2S. The molecule has 2 N–H and O–H groups in total. The standard InChI is InChI=1S/C12H24N2S/c1-3-5-10-6-8-11(9-7-10)14-12(15)13-4-2/h10-11H,3-9H2,1-2H3,(H2,13,14,15). The molecule has 0 saturated heterocycles. The van der Waals surface area contributed by atoms with E-state index in [1.54, 1.807) is 0 Å². The van der Waals surface area contributed by atoms with Gasteiger partial charge >= 0.3 is 0 Å². The molecule has 0 radical (unpaired) electrons. The number of hydrogen-bond donors (Lipinski definition) is 2. The Bertz CT molecular complexity index is 186. The van der Waals surface area contributed by atoms with E-state index >= 15 is 0 Å². The quantitative estimate of drug-likeness (QED) is 0.724. The van der Waals surface area contributed by atoms with Gasteiger partial charge in [-0.15, -0.1) is 0 Å². The van der Waals surface area contributed by atoms with Crippen LogP contribution in [0.1, 0.15) is 52.4 Å². The van der Waals surface area contributed by atoms with Crippen molar-refractivity contribution in [1.29, 1.82) is 0 Å². The smallest absolute Gasteiger partial charge is 0.166 e. The van der Waals surface area contributed by atoms with Crippen LogP contribution >= 0.6 is 12.2 Å². The summed E-state index contributed by atoms with van der Waals surface area (Å²) in [7, 11) is 0. The van der Waals surface area contributed by atoms with Crippen LogP contribution in [0.3, 0.4) is 0 Å². The van der Waals surface area contributed by atoms with Crippen LogP contribution in [-0.4, -0.2) is 17.7 Å². The molecule has 0 heterocycles. The molecule has 3 heteroatoms. The van der Waals surface area contributed by atoms with Crippen molar-refractivity contribution in [1.82, 2.24) is 10.6 Å². The van der Waals surface area contributed by atoms with Gasteiger partial charge in [-0.05, 0) is 50.7 Å². The maximum Gasteiger partial charge on any atom is 0.166 e. The van der Waals surface area contributed by atoms with Gasteiger partial charge in [0.05, 0.1) is 0 Å². The molecule has 0 amide bonds. The SMILES string of the molecule is CCCC1CCC(NC(=S)NCC)CC1. The van der Waals surface area contributed by atoms with Crippen LogP contribution < -0.4 is 10.6 Å². The number of thiocarbonyl (C=S) groups is 1. The fraction of sp³-hybridized carbons (Fsp3) is 0.917. The fourth-order valence-electron chi connectivity index (χ4n) is 2.40. The van der Waals surface area contributed by atoms with Crippen molar-refractivity contribution in [2.45, 2.75) is 58.4 Å². The Kier molecular flexibility index (Phi) is 5.99. The zero-order valence-corrected chi connectivity index (χ0v) is 10.8. The van der Waals surface area contributed by atoms with Crippen LogP contribution in [0, 0.1) is 5.92 Å². The molecule has 1 rings (SSSR count). The highest BCUT2D eigenvalue weighted by Gasteiger charge is 2.20. The molecule has 15 heavy (non-hydrogen) atoms. The predicted molar refractivity (Wildman–Crippen MR) is 70.1 cm³/mol. The summed E-state index contributed by atoms with van der Waals surface area (Å²) in [5.74, 6) is 0.973. The molecular weight excluding hydrogens is 204 g/mol. The first kappa shape index (κ1) is 12.8. The molecule has 1 saturated carbocycles. The van der Waals surface area contributed by atoms with E-state index < -0.39 is 0 Å². The summed E-state index contributed by atoms with van der Waals surface area (Å²) in [4.78, 5) is 0. The van der Waals surface area contributed by atoms with E-state index in [2.05, 4.69) is 24.5 Å². The van der Waals surface area contributed by atoms with Crippen molar-refractivity contribution in [2.24, 2.45) is 5.92 Å². The van der Waals surface area contributed by atoms with Crippen molar-refractivity contribution < 1.29 is 0 Å². The van der Waals surface area contributed by atoms with Gasteiger partial charge in [-0.3, -0.25) is 0 Å². The summed E-state index contributed by atoms with van der Waals surface area (Å²) < 4.78 is 0. The summed E-state index contributed by atoms with van der Waals surface area (Å²) in [5, 5.41) is 7.38. The Morgan fingerprint density at radius 3 is 2.40 bits per heavy atom. The highest BCUT2D eigenvalue weighted by atomic mass is 32.1. The molecule has 1 aliphatic carbocycles. The Morgan fingerprint density at radius 1 is 1.20 bits per heavy atom. The van der Waals surface area contributed by atoms with Gasteiger partial charge < -0.3 is 10.6 Å². The average molecular weight is 228 g/mol. The van der Waals surface area contributed by atoms with E-state index in [1.165, 1.54) is 38.5 Å². The third kappa shape index (κ3) is 4.83. The monoisotopic (exact) mass is 228 g/mol. The lowest BCUT2D eigenvalue weighted by atomic mass is 9.83. The molecule has 0 aromatic heterocycles. The van der Waals surface area contributed by atoms with Gasteiger partial charge in [0.25, 0.3) is 0 Å². The Morgan fingerprint density at radius 2 is 1.87 bits per heavy atom. The summed E-state index contributed by atoms with van der Waals surface area (Å²) in [5.41, 5.74) is 0. The molecule has 1 fully saturated rings. The van der Waals surface area contributed by atoms with Crippen LogP contribution in [0.5, 0.6) is 0 Å². The predicted octanol–water partition coefficient (Wildman–Crippen LogP) is 2.83. The lowest BCUT2D eigenvalue weighted by Gasteiger charge is -2.29. The topological polar surface area (TPSA) is 24.1 Å². The van der Waals surface area contributed by atoms with Crippen LogP contribution in [0.4, 0.5) is 0 Å². The van der Waals surface area contributed by atoms with E-state index in [9.17, 15) is 0 Å². The molecule has 2 nitrogen and oxygen atoms in total. The van der Waals surface area contributed by atoms with Gasteiger partial charge in [0.1, 0.15) is 0 Å². The first-order valence-corrected chi connectivity index (χ1v) is 6.71. The normalized spacial score (nSPS) is 26.0. The second kappa shape index (κ2) is 7.04. The minimum Gasteiger partial charge on any atom is -0.363 e. The van der Waals surface area contributed by atoms with E-state index in [-0.39, 0.29) is 0 Å². The first-order chi connectivity index (χ1) is 7.26. The van der Waals surface area contributed by atoms with Gasteiger partial charge in [0.2, 0.25) is 0 Å². The minimum atomic E-state index is 0.615. The lowest BCUT2D eigenvalue weighted by Crippen LogP contribution is -2.43. The van der Waals surface area contributed by atoms with Crippen molar-refractivity contribution >= 4 is 17.3 Å². The minimum absolute atomic E-state index is 0.615. The maximum atomic E-state index is 5.19. The fourth-order valence-corrected chi connectivity index (χ4v) is 2.71. The molecule has 1 aliphatic rings. The summed E-state index contributed by atoms with van der Waals surface area (Å²) in [6, 6.07) is 0.615. The highest BCUT2D eigenvalue weighted by Crippen LogP contribution is 2.27. The third-order valence-corrected chi connectivity index (χ3v) is 3.48. The molecule has 0 aliphatic heterocycles. The van der Waals surface area contributed by atoms with E-state index in [4.69, 9.17) is 12.2 Å². The summed E-state index contributed by atoms with van der Waals surface area (Å²) >= 11 is 5.19. The molecule has 0 aromatic carbocycles. The van der Waals surface area contributed by atoms with Crippen LogP contribution in [0.15, 0.2) is 0 Å². The molecule has 0 bridgehead atoms. The Balaban J connectivity index is 2.16. The first-order valence-electron chi connectivity index (χ1n) is 6.30. The van der Waals surface area contributed by atoms with Crippen molar-refractivity contribution in [3.05, 3.63) is 0 Å². The summed E-state index contributed by atoms with van der Waals surface area (Å²) in [6.07, 6.45) is 8.07. The second-order valence-electron chi connectivity index (χ2n) is 4.51. The lowest BCUT2D eigenvalue weighted by molar-refractivity contribution is 0.295. The Labute approximate surface area is 99.2 Å². The number of rotatable bonds is 4. The number of hydrogen-bond acceptors (Lipinski definition) is 1. The summed E-state index contributed by atoms with van der Waals surface area (Å²) in [6.45, 7) is 5.27. The Hall–Kier alpha value is -0.310. The molecule has 0 unspecified atom stereocenters. The van der Waals surface area contributed by atoms with Crippen LogP contribution in [-0.2, 0) is 0 Å². The van der Waals surface area contributed by atoms with E-state index in [0.717, 1.165) is 17.6 Å². The highest BCUT2D eigenvalue weighted by molar-refractivity contribution is 7.80. The van der Waals surface area contributed by atoms with E-state index in [1.807, 2.05) is 0 Å². The van der Waals surface area contributed by atoms with Gasteiger partial charge in [0.15, 0.2) is 5.11 Å². The van der Waals surface area contributed by atoms with Crippen molar-refractivity contribution in [3.63, 3.8) is 0 Å². The van der Waals surface area contributed by atoms with Crippen molar-refractivity contribution in [2.75, 3.05) is 6.54 Å². The zero-order valence-electron chi connectivity index (χ0n) is 10.0. The van der Waals surface area contributed by atoms with E-state index in [0.29, 0.717) is 6.04 Å². The van der Waals surface area contributed by atoms with Gasteiger partial charge in [-0.25, -0.2) is 0 Å².